The SMILES string of the molecule is c1ccc([C@@H]2CCCN2Cc2cccc(Cn3cccn3)c2)nc1. The van der Waals surface area contributed by atoms with Crippen molar-refractivity contribution in [2.24, 2.45) is 0 Å². The van der Waals surface area contributed by atoms with Gasteiger partial charge in [0.25, 0.3) is 0 Å². The zero-order valence-electron chi connectivity index (χ0n) is 13.8. The van der Waals surface area contributed by atoms with Gasteiger partial charge in [0.1, 0.15) is 0 Å². The number of benzene rings is 1. The van der Waals surface area contributed by atoms with Crippen LogP contribution in [0, 0.1) is 0 Å². The number of likely N-dealkylation sites (tertiary alicyclic amines) is 1. The summed E-state index contributed by atoms with van der Waals surface area (Å²) in [6, 6.07) is 17.5. The van der Waals surface area contributed by atoms with Gasteiger partial charge >= 0.3 is 0 Å². The fourth-order valence-electron chi connectivity index (χ4n) is 3.57. The van der Waals surface area contributed by atoms with Crippen LogP contribution in [0.2, 0.25) is 0 Å². The van der Waals surface area contributed by atoms with Crippen molar-refractivity contribution in [2.45, 2.75) is 32.0 Å². The van der Waals surface area contributed by atoms with Crippen LogP contribution in [-0.4, -0.2) is 26.2 Å². The Hall–Kier alpha value is -2.46. The van der Waals surface area contributed by atoms with Gasteiger partial charge in [-0.2, -0.15) is 5.10 Å². The first-order chi connectivity index (χ1) is 11.9. The molecule has 0 unspecified atom stereocenters. The largest absolute Gasteiger partial charge is 0.291 e. The third kappa shape index (κ3) is 3.39. The number of hydrogen-bond donors (Lipinski definition) is 0. The molecule has 1 aliphatic rings. The Morgan fingerprint density at radius 3 is 2.67 bits per heavy atom. The summed E-state index contributed by atoms with van der Waals surface area (Å²) in [6.45, 7) is 2.95. The molecule has 2 aromatic heterocycles. The zero-order valence-corrected chi connectivity index (χ0v) is 13.8. The van der Waals surface area contributed by atoms with Crippen molar-refractivity contribution in [2.75, 3.05) is 6.54 Å². The summed E-state index contributed by atoms with van der Waals surface area (Å²) in [5.41, 5.74) is 3.86. The van der Waals surface area contributed by atoms with Crippen LogP contribution in [0.25, 0.3) is 0 Å². The Balaban J connectivity index is 1.48. The first-order valence-corrected chi connectivity index (χ1v) is 8.59. The maximum Gasteiger partial charge on any atom is 0.0659 e. The van der Waals surface area contributed by atoms with Gasteiger partial charge in [-0.05, 0) is 48.7 Å². The summed E-state index contributed by atoms with van der Waals surface area (Å²) in [5, 5.41) is 4.29. The van der Waals surface area contributed by atoms with Gasteiger partial charge in [0.2, 0.25) is 0 Å². The van der Waals surface area contributed by atoms with E-state index in [0.29, 0.717) is 6.04 Å². The van der Waals surface area contributed by atoms with Crippen molar-refractivity contribution in [3.05, 3.63) is 83.9 Å². The molecule has 1 aliphatic heterocycles. The Labute approximate surface area is 142 Å². The molecule has 1 fully saturated rings. The minimum absolute atomic E-state index is 0.445. The van der Waals surface area contributed by atoms with Crippen molar-refractivity contribution in [1.29, 1.82) is 0 Å². The van der Waals surface area contributed by atoms with Gasteiger partial charge in [-0.3, -0.25) is 14.6 Å². The maximum atomic E-state index is 4.57. The van der Waals surface area contributed by atoms with Gasteiger partial charge in [-0.1, -0.05) is 30.3 Å². The van der Waals surface area contributed by atoms with Gasteiger partial charge in [0.05, 0.1) is 18.3 Å². The monoisotopic (exact) mass is 318 g/mol. The van der Waals surface area contributed by atoms with E-state index in [0.717, 1.165) is 19.6 Å². The number of aromatic nitrogens is 3. The molecule has 122 valence electrons. The molecule has 4 nitrogen and oxygen atoms in total. The van der Waals surface area contributed by atoms with Gasteiger partial charge in [-0.25, -0.2) is 0 Å². The van der Waals surface area contributed by atoms with E-state index in [1.807, 2.05) is 35.4 Å². The number of hydrogen-bond acceptors (Lipinski definition) is 3. The third-order valence-corrected chi connectivity index (χ3v) is 4.67. The molecule has 0 radical (unpaired) electrons. The fourth-order valence-corrected chi connectivity index (χ4v) is 3.57. The van der Waals surface area contributed by atoms with Crippen LogP contribution >= 0.6 is 0 Å². The summed E-state index contributed by atoms with van der Waals surface area (Å²) < 4.78 is 1.96. The molecular weight excluding hydrogens is 296 g/mol. The van der Waals surface area contributed by atoms with Crippen molar-refractivity contribution in [3.63, 3.8) is 0 Å². The lowest BCUT2D eigenvalue weighted by Crippen LogP contribution is -2.23. The van der Waals surface area contributed by atoms with Crippen LogP contribution in [0.3, 0.4) is 0 Å². The first-order valence-electron chi connectivity index (χ1n) is 8.59. The second-order valence-electron chi connectivity index (χ2n) is 6.41. The van der Waals surface area contributed by atoms with Crippen LogP contribution in [-0.2, 0) is 13.1 Å². The average molecular weight is 318 g/mol. The standard InChI is InChI=1S/C20H22N4/c1-2-10-21-19(8-1)20-9-4-12-23(20)15-17-6-3-7-18(14-17)16-24-13-5-11-22-24/h1-3,5-8,10-11,13-14,20H,4,9,12,15-16H2/t20-/m0/s1. The van der Waals surface area contributed by atoms with Crippen molar-refractivity contribution >= 4 is 0 Å². The third-order valence-electron chi connectivity index (χ3n) is 4.67. The number of nitrogens with zero attached hydrogens (tertiary/aromatic N) is 4. The summed E-state index contributed by atoms with van der Waals surface area (Å²) in [5.74, 6) is 0. The minimum Gasteiger partial charge on any atom is -0.291 e. The normalized spacial score (nSPS) is 18.1. The molecule has 3 aromatic rings. The Kier molecular flexibility index (Phi) is 4.38. The topological polar surface area (TPSA) is 34.0 Å². The zero-order chi connectivity index (χ0) is 16.2. The molecule has 0 spiro atoms. The first kappa shape index (κ1) is 15.1. The molecule has 24 heavy (non-hydrogen) atoms. The van der Waals surface area contributed by atoms with E-state index in [1.165, 1.54) is 29.7 Å². The predicted octanol–water partition coefficient (Wildman–Crippen LogP) is 3.66. The lowest BCUT2D eigenvalue weighted by Gasteiger charge is -2.24. The second kappa shape index (κ2) is 6.97. The molecule has 0 N–H and O–H groups in total. The van der Waals surface area contributed by atoms with Crippen molar-refractivity contribution in [3.8, 4) is 0 Å². The second-order valence-corrected chi connectivity index (χ2v) is 6.41. The van der Waals surface area contributed by atoms with Gasteiger partial charge < -0.3 is 0 Å². The fraction of sp³-hybridized carbons (Fsp3) is 0.300. The molecule has 4 heteroatoms. The van der Waals surface area contributed by atoms with Crippen LogP contribution in [0.15, 0.2) is 67.1 Å². The van der Waals surface area contributed by atoms with Gasteiger partial charge in [0.15, 0.2) is 0 Å². The highest BCUT2D eigenvalue weighted by Crippen LogP contribution is 2.31. The van der Waals surface area contributed by atoms with Gasteiger partial charge in [0, 0.05) is 25.1 Å². The predicted molar refractivity (Wildman–Crippen MR) is 94.4 cm³/mol. The molecule has 0 saturated carbocycles. The molecule has 0 bridgehead atoms. The molecule has 0 aliphatic carbocycles. The lowest BCUT2D eigenvalue weighted by molar-refractivity contribution is 0.244. The van der Waals surface area contributed by atoms with Crippen LogP contribution in [0.5, 0.6) is 0 Å². The van der Waals surface area contributed by atoms with Crippen LogP contribution < -0.4 is 0 Å². The molecule has 4 rings (SSSR count). The lowest BCUT2D eigenvalue weighted by atomic mass is 10.1. The number of pyridine rings is 1. The van der Waals surface area contributed by atoms with E-state index in [-0.39, 0.29) is 0 Å². The molecule has 0 amide bonds. The number of rotatable bonds is 5. The minimum atomic E-state index is 0.445. The van der Waals surface area contributed by atoms with Gasteiger partial charge in [-0.15, -0.1) is 0 Å². The summed E-state index contributed by atoms with van der Waals surface area (Å²) in [4.78, 5) is 7.12. The van der Waals surface area contributed by atoms with E-state index in [1.54, 1.807) is 0 Å². The summed E-state index contributed by atoms with van der Waals surface area (Å²) in [6.07, 6.45) is 8.17. The Morgan fingerprint density at radius 1 is 0.958 bits per heavy atom. The molecule has 1 aromatic carbocycles. The highest BCUT2D eigenvalue weighted by atomic mass is 15.3. The Morgan fingerprint density at radius 2 is 1.88 bits per heavy atom. The molecule has 3 heterocycles. The highest BCUT2D eigenvalue weighted by molar-refractivity contribution is 5.24. The molecule has 1 atom stereocenters. The molecule has 1 saturated heterocycles. The van der Waals surface area contributed by atoms with Crippen molar-refractivity contribution < 1.29 is 0 Å². The van der Waals surface area contributed by atoms with E-state index < -0.39 is 0 Å². The quantitative estimate of drug-likeness (QED) is 0.720. The van der Waals surface area contributed by atoms with E-state index in [2.05, 4.69) is 51.4 Å². The highest BCUT2D eigenvalue weighted by Gasteiger charge is 2.26. The average Bonchev–Trinajstić information content (AvgIpc) is 3.28. The Bertz CT molecular complexity index is 767. The summed E-state index contributed by atoms with van der Waals surface area (Å²) in [7, 11) is 0. The molecular formula is C20H22N4. The van der Waals surface area contributed by atoms with E-state index in [4.69, 9.17) is 0 Å². The smallest absolute Gasteiger partial charge is 0.0659 e. The van der Waals surface area contributed by atoms with Crippen molar-refractivity contribution in [1.82, 2.24) is 19.7 Å². The van der Waals surface area contributed by atoms with E-state index >= 15 is 0 Å². The maximum absolute atomic E-state index is 4.57. The summed E-state index contributed by atoms with van der Waals surface area (Å²) >= 11 is 0. The van der Waals surface area contributed by atoms with Crippen LogP contribution in [0.1, 0.15) is 35.7 Å². The van der Waals surface area contributed by atoms with Crippen LogP contribution in [0.4, 0.5) is 0 Å². The van der Waals surface area contributed by atoms with E-state index in [9.17, 15) is 0 Å².